The van der Waals surface area contributed by atoms with Crippen molar-refractivity contribution in [3.8, 4) is 0 Å². The highest BCUT2D eigenvalue weighted by atomic mass is 15.0. The lowest BCUT2D eigenvalue weighted by Crippen LogP contribution is -2.06. The summed E-state index contributed by atoms with van der Waals surface area (Å²) >= 11 is 0. The fourth-order valence-electron chi connectivity index (χ4n) is 2.79. The molecule has 0 heterocycles. The first-order valence-corrected chi connectivity index (χ1v) is 9.56. The molecule has 0 atom stereocenters. The SMILES string of the molecule is [CH2]CCCCCCCCCCCCCCCC[CH]N(C)C. The van der Waals surface area contributed by atoms with Gasteiger partial charge in [0.05, 0.1) is 0 Å². The zero-order valence-electron chi connectivity index (χ0n) is 15.0. The molecule has 0 saturated carbocycles. The van der Waals surface area contributed by atoms with Gasteiger partial charge in [-0.05, 0) is 20.5 Å². The molecule has 0 aliphatic rings. The molecule has 0 spiro atoms. The summed E-state index contributed by atoms with van der Waals surface area (Å²) in [6, 6.07) is 0. The van der Waals surface area contributed by atoms with E-state index in [4.69, 9.17) is 0 Å². The van der Waals surface area contributed by atoms with Crippen molar-refractivity contribution in [1.29, 1.82) is 0 Å². The molecule has 0 rings (SSSR count). The number of hydrogen-bond acceptors (Lipinski definition) is 1. The first-order chi connectivity index (χ1) is 10.3. The normalized spacial score (nSPS) is 11.4. The van der Waals surface area contributed by atoms with Gasteiger partial charge in [0.25, 0.3) is 0 Å². The minimum Gasteiger partial charge on any atom is -0.305 e. The van der Waals surface area contributed by atoms with E-state index in [1.54, 1.807) is 0 Å². The topological polar surface area (TPSA) is 3.24 Å². The van der Waals surface area contributed by atoms with Crippen LogP contribution in [-0.4, -0.2) is 19.0 Å². The first kappa shape index (κ1) is 21.0. The molecule has 0 aliphatic carbocycles. The quantitative estimate of drug-likeness (QED) is 0.267. The summed E-state index contributed by atoms with van der Waals surface area (Å²) in [6.07, 6.45) is 22.4. The average molecular weight is 296 g/mol. The third-order valence-corrected chi connectivity index (χ3v) is 4.20. The number of nitrogens with zero attached hydrogens (tertiary/aromatic N) is 1. The first-order valence-electron chi connectivity index (χ1n) is 9.56. The smallest absolute Gasteiger partial charge is 0.0245 e. The maximum absolute atomic E-state index is 3.89. The van der Waals surface area contributed by atoms with Gasteiger partial charge in [0.1, 0.15) is 0 Å². The molecule has 0 unspecified atom stereocenters. The maximum atomic E-state index is 3.89. The van der Waals surface area contributed by atoms with E-state index in [0.29, 0.717) is 0 Å². The van der Waals surface area contributed by atoms with Crippen LogP contribution < -0.4 is 0 Å². The molecule has 0 fully saturated rings. The van der Waals surface area contributed by atoms with Crippen LogP contribution in [0.3, 0.4) is 0 Å². The van der Waals surface area contributed by atoms with Gasteiger partial charge >= 0.3 is 0 Å². The molecule has 21 heavy (non-hydrogen) atoms. The van der Waals surface area contributed by atoms with Gasteiger partial charge in [-0.25, -0.2) is 0 Å². The summed E-state index contributed by atoms with van der Waals surface area (Å²) in [7, 11) is 4.23. The molecule has 0 aromatic heterocycles. The fraction of sp³-hybridized carbons (Fsp3) is 0.900. The van der Waals surface area contributed by atoms with Crippen molar-refractivity contribution >= 4 is 0 Å². The molecule has 0 aromatic rings. The summed E-state index contributed by atoms with van der Waals surface area (Å²) in [5.41, 5.74) is 0. The summed E-state index contributed by atoms with van der Waals surface area (Å²) in [5, 5.41) is 0. The predicted octanol–water partition coefficient (Wildman–Crippen LogP) is 6.79. The van der Waals surface area contributed by atoms with E-state index in [1.807, 2.05) is 0 Å². The Bertz CT molecular complexity index is 177. The average Bonchev–Trinajstić information content (AvgIpc) is 2.46. The van der Waals surface area contributed by atoms with Gasteiger partial charge in [0.15, 0.2) is 0 Å². The molecular weight excluding hydrogens is 254 g/mol. The lowest BCUT2D eigenvalue weighted by atomic mass is 10.0. The van der Waals surface area contributed by atoms with E-state index in [9.17, 15) is 0 Å². The van der Waals surface area contributed by atoms with Crippen LogP contribution >= 0.6 is 0 Å². The van der Waals surface area contributed by atoms with Crippen LogP contribution in [0.25, 0.3) is 0 Å². The van der Waals surface area contributed by atoms with Crippen LogP contribution in [0.1, 0.15) is 103 Å². The second-order valence-electron chi connectivity index (χ2n) is 6.74. The van der Waals surface area contributed by atoms with E-state index in [1.165, 1.54) is 96.3 Å². The summed E-state index contributed by atoms with van der Waals surface area (Å²) in [4.78, 5) is 2.17. The van der Waals surface area contributed by atoms with Crippen molar-refractivity contribution in [2.75, 3.05) is 14.1 Å². The summed E-state index contributed by atoms with van der Waals surface area (Å²) in [6.45, 7) is 6.18. The molecule has 0 bridgehead atoms. The van der Waals surface area contributed by atoms with Crippen molar-refractivity contribution in [1.82, 2.24) is 4.90 Å². The van der Waals surface area contributed by atoms with Gasteiger partial charge in [-0.3, -0.25) is 0 Å². The van der Waals surface area contributed by atoms with E-state index in [0.717, 1.165) is 6.42 Å². The van der Waals surface area contributed by atoms with Gasteiger partial charge in [0.2, 0.25) is 0 Å². The van der Waals surface area contributed by atoms with E-state index in [2.05, 4.69) is 32.5 Å². The second kappa shape index (κ2) is 18.0. The van der Waals surface area contributed by atoms with Crippen molar-refractivity contribution in [3.05, 3.63) is 13.5 Å². The third-order valence-electron chi connectivity index (χ3n) is 4.20. The fourth-order valence-corrected chi connectivity index (χ4v) is 2.79. The molecule has 1 heteroatoms. The Morgan fingerprint density at radius 3 is 1.24 bits per heavy atom. The van der Waals surface area contributed by atoms with Crippen molar-refractivity contribution in [2.24, 2.45) is 0 Å². The zero-order valence-corrected chi connectivity index (χ0v) is 15.0. The van der Waals surface area contributed by atoms with Gasteiger partial charge < -0.3 is 4.90 Å². The van der Waals surface area contributed by atoms with Crippen LogP contribution in [0.15, 0.2) is 0 Å². The Balaban J connectivity index is 2.93. The molecule has 1 nitrogen and oxygen atoms in total. The molecule has 0 aromatic carbocycles. The van der Waals surface area contributed by atoms with Crippen LogP contribution in [-0.2, 0) is 0 Å². The highest BCUT2D eigenvalue weighted by Crippen LogP contribution is 2.13. The Morgan fingerprint density at radius 2 is 0.905 bits per heavy atom. The van der Waals surface area contributed by atoms with Gasteiger partial charge in [0, 0.05) is 6.54 Å². The molecule has 0 N–H and O–H groups in total. The molecular formula is C20H41N. The monoisotopic (exact) mass is 295 g/mol. The van der Waals surface area contributed by atoms with Crippen LogP contribution in [0.2, 0.25) is 0 Å². The highest BCUT2D eigenvalue weighted by molar-refractivity contribution is 4.60. The Labute approximate surface area is 135 Å². The van der Waals surface area contributed by atoms with Crippen LogP contribution in [0.5, 0.6) is 0 Å². The van der Waals surface area contributed by atoms with Crippen LogP contribution in [0, 0.1) is 13.5 Å². The molecule has 126 valence electrons. The second-order valence-corrected chi connectivity index (χ2v) is 6.74. The van der Waals surface area contributed by atoms with E-state index < -0.39 is 0 Å². The standard InChI is InChI=1S/C20H41N/c1-4-5-6-7-8-9-10-11-12-13-14-15-16-17-18-19-20-21(2)3/h20H,1,4-19H2,2-3H3. The number of hydrogen-bond donors (Lipinski definition) is 0. The number of rotatable bonds is 17. The third kappa shape index (κ3) is 20.0. The molecule has 2 radical (unpaired) electrons. The Kier molecular flexibility index (Phi) is 18.0. The summed E-state index contributed by atoms with van der Waals surface area (Å²) in [5.74, 6) is 0. The largest absolute Gasteiger partial charge is 0.305 e. The van der Waals surface area contributed by atoms with E-state index >= 15 is 0 Å². The van der Waals surface area contributed by atoms with Gasteiger partial charge in [-0.1, -0.05) is 103 Å². The highest BCUT2D eigenvalue weighted by Gasteiger charge is 1.95. The predicted molar refractivity (Wildman–Crippen MR) is 97.2 cm³/mol. The molecule has 0 saturated heterocycles. The molecule has 0 aliphatic heterocycles. The summed E-state index contributed by atoms with van der Waals surface area (Å²) < 4.78 is 0. The Hall–Kier alpha value is -0.0400. The van der Waals surface area contributed by atoms with Crippen molar-refractivity contribution in [3.63, 3.8) is 0 Å². The maximum Gasteiger partial charge on any atom is 0.0245 e. The zero-order chi connectivity index (χ0) is 15.6. The molecule has 0 amide bonds. The van der Waals surface area contributed by atoms with Crippen molar-refractivity contribution in [2.45, 2.75) is 103 Å². The van der Waals surface area contributed by atoms with Gasteiger partial charge in [-0.2, -0.15) is 0 Å². The Morgan fingerprint density at radius 1 is 0.571 bits per heavy atom. The minimum absolute atomic E-state index is 1.12. The minimum atomic E-state index is 1.12. The lowest BCUT2D eigenvalue weighted by molar-refractivity contribution is 0.461. The van der Waals surface area contributed by atoms with Crippen LogP contribution in [0.4, 0.5) is 0 Å². The lowest BCUT2D eigenvalue weighted by Gasteiger charge is -2.07. The van der Waals surface area contributed by atoms with E-state index in [-0.39, 0.29) is 0 Å². The van der Waals surface area contributed by atoms with Crippen molar-refractivity contribution < 1.29 is 0 Å². The number of unbranched alkanes of at least 4 members (excludes halogenated alkanes) is 15. The van der Waals surface area contributed by atoms with Gasteiger partial charge in [-0.15, -0.1) is 0 Å².